The Kier molecular flexibility index (Phi) is 6.80. The van der Waals surface area contributed by atoms with Gasteiger partial charge in [0.2, 0.25) is 10.0 Å². The van der Waals surface area contributed by atoms with E-state index in [9.17, 15) is 8.42 Å². The molecule has 0 amide bonds. The molecule has 1 aromatic rings. The molecule has 25 heavy (non-hydrogen) atoms. The molecule has 3 N–H and O–H groups in total. The molecule has 0 bridgehead atoms. The number of nitrogens with zero attached hydrogens (tertiary/aromatic N) is 2. The van der Waals surface area contributed by atoms with Crippen molar-refractivity contribution in [2.75, 3.05) is 19.7 Å². The maximum absolute atomic E-state index is 11.9. The van der Waals surface area contributed by atoms with E-state index < -0.39 is 10.0 Å². The average molecular weight is 369 g/mol. The molecule has 0 aliphatic carbocycles. The molecule has 1 saturated heterocycles. The number of guanidine groups is 1. The van der Waals surface area contributed by atoms with E-state index in [1.165, 1.54) is 0 Å². The van der Waals surface area contributed by atoms with E-state index in [0.717, 1.165) is 24.2 Å². The highest BCUT2D eigenvalue weighted by molar-refractivity contribution is 7.88. The second kappa shape index (κ2) is 8.64. The number of sulfonamides is 1. The maximum Gasteiger partial charge on any atom is 0.216 e. The highest BCUT2D eigenvalue weighted by Gasteiger charge is 2.18. The highest BCUT2D eigenvalue weighted by Crippen LogP contribution is 2.10. The van der Waals surface area contributed by atoms with Gasteiger partial charge in [-0.25, -0.2) is 18.1 Å². The Hall–Kier alpha value is -1.64. The lowest BCUT2D eigenvalue weighted by molar-refractivity contribution is 0.00528. The fraction of sp³-hybridized carbons (Fsp3) is 0.588. The van der Waals surface area contributed by atoms with Crippen molar-refractivity contribution < 1.29 is 13.2 Å². The molecule has 140 valence electrons. The molecule has 1 aliphatic rings. The average Bonchev–Trinajstić information content (AvgIpc) is 2.52. The SMILES string of the molecule is CC(C)NS(=O)(=O)Cc1ccc(CN=C(N)N2CCOC(C)C2)cc1. The molecule has 0 saturated carbocycles. The van der Waals surface area contributed by atoms with Crippen molar-refractivity contribution >= 4 is 16.0 Å². The standard InChI is InChI=1S/C17H28N4O3S/c1-13(2)20-25(22,23)12-16-6-4-15(5-7-16)10-19-17(18)21-8-9-24-14(3)11-21/h4-7,13-14,20H,8-12H2,1-3H3,(H2,18,19). The van der Waals surface area contributed by atoms with Crippen molar-refractivity contribution in [1.82, 2.24) is 9.62 Å². The first-order chi connectivity index (χ1) is 11.7. The van der Waals surface area contributed by atoms with E-state index in [1.54, 1.807) is 13.8 Å². The van der Waals surface area contributed by atoms with Gasteiger partial charge in [-0.2, -0.15) is 0 Å². The van der Waals surface area contributed by atoms with Crippen LogP contribution in [-0.2, 0) is 27.1 Å². The summed E-state index contributed by atoms with van der Waals surface area (Å²) in [5.41, 5.74) is 7.79. The fourth-order valence-corrected chi connectivity index (χ4v) is 4.09. The number of nitrogens with two attached hydrogens (primary N) is 1. The van der Waals surface area contributed by atoms with Crippen LogP contribution < -0.4 is 10.5 Å². The van der Waals surface area contributed by atoms with Crippen LogP contribution in [0.5, 0.6) is 0 Å². The first-order valence-electron chi connectivity index (χ1n) is 8.49. The molecule has 1 aromatic carbocycles. The minimum absolute atomic E-state index is 0.0253. The third-order valence-electron chi connectivity index (χ3n) is 3.78. The van der Waals surface area contributed by atoms with Gasteiger partial charge in [0.05, 0.1) is 25.0 Å². The second-order valence-corrected chi connectivity index (χ2v) is 8.40. The van der Waals surface area contributed by atoms with Gasteiger partial charge in [0, 0.05) is 19.1 Å². The molecule has 1 aliphatic heterocycles. The predicted molar refractivity (Wildman–Crippen MR) is 99.7 cm³/mol. The number of benzene rings is 1. The summed E-state index contributed by atoms with van der Waals surface area (Å²) in [6, 6.07) is 7.30. The zero-order chi connectivity index (χ0) is 18.4. The lowest BCUT2D eigenvalue weighted by Gasteiger charge is -2.31. The van der Waals surface area contributed by atoms with Gasteiger partial charge in [0.1, 0.15) is 0 Å². The van der Waals surface area contributed by atoms with Gasteiger partial charge < -0.3 is 15.4 Å². The minimum atomic E-state index is -3.31. The van der Waals surface area contributed by atoms with Crippen molar-refractivity contribution in [2.45, 2.75) is 45.2 Å². The monoisotopic (exact) mass is 368 g/mol. The third-order valence-corrected chi connectivity index (χ3v) is 5.33. The Morgan fingerprint density at radius 1 is 1.36 bits per heavy atom. The van der Waals surface area contributed by atoms with Crippen LogP contribution in [0.4, 0.5) is 0 Å². The Labute approximate surface area is 150 Å². The number of hydrogen-bond donors (Lipinski definition) is 2. The molecule has 1 atom stereocenters. The van der Waals surface area contributed by atoms with E-state index in [4.69, 9.17) is 10.5 Å². The highest BCUT2D eigenvalue weighted by atomic mass is 32.2. The molecule has 0 spiro atoms. The molecule has 2 rings (SSSR count). The molecule has 8 heteroatoms. The van der Waals surface area contributed by atoms with E-state index in [1.807, 2.05) is 36.1 Å². The number of ether oxygens (including phenoxy) is 1. The zero-order valence-electron chi connectivity index (χ0n) is 15.1. The lowest BCUT2D eigenvalue weighted by atomic mass is 10.1. The van der Waals surface area contributed by atoms with Gasteiger partial charge in [-0.05, 0) is 31.9 Å². The quantitative estimate of drug-likeness (QED) is 0.578. The van der Waals surface area contributed by atoms with E-state index in [2.05, 4.69) is 9.71 Å². The second-order valence-electron chi connectivity index (χ2n) is 6.65. The number of hydrogen-bond acceptors (Lipinski definition) is 4. The lowest BCUT2D eigenvalue weighted by Crippen LogP contribution is -2.47. The van der Waals surface area contributed by atoms with Crippen molar-refractivity contribution in [1.29, 1.82) is 0 Å². The maximum atomic E-state index is 11.9. The van der Waals surface area contributed by atoms with Gasteiger partial charge in [0.15, 0.2) is 5.96 Å². The Morgan fingerprint density at radius 3 is 2.60 bits per heavy atom. The van der Waals surface area contributed by atoms with Gasteiger partial charge in [-0.1, -0.05) is 24.3 Å². The Morgan fingerprint density at radius 2 is 2.00 bits per heavy atom. The van der Waals surface area contributed by atoms with E-state index in [-0.39, 0.29) is 17.9 Å². The number of rotatable bonds is 6. The summed E-state index contributed by atoms with van der Waals surface area (Å²) in [5, 5.41) is 0. The number of nitrogens with one attached hydrogen (secondary N) is 1. The molecule has 0 radical (unpaired) electrons. The molecule has 1 unspecified atom stereocenters. The van der Waals surface area contributed by atoms with Crippen molar-refractivity contribution in [3.8, 4) is 0 Å². The summed E-state index contributed by atoms with van der Waals surface area (Å²) in [5.74, 6) is 0.491. The summed E-state index contributed by atoms with van der Waals surface area (Å²) in [7, 11) is -3.31. The summed E-state index contributed by atoms with van der Waals surface area (Å²) in [6.07, 6.45) is 0.156. The van der Waals surface area contributed by atoms with Crippen LogP contribution in [0.2, 0.25) is 0 Å². The van der Waals surface area contributed by atoms with Gasteiger partial charge >= 0.3 is 0 Å². The molecule has 0 aromatic heterocycles. The van der Waals surface area contributed by atoms with Crippen molar-refractivity contribution in [2.24, 2.45) is 10.7 Å². The minimum Gasteiger partial charge on any atom is -0.375 e. The Balaban J connectivity index is 1.92. The Bertz CT molecular complexity index is 686. The van der Waals surface area contributed by atoms with Crippen molar-refractivity contribution in [3.05, 3.63) is 35.4 Å². The topological polar surface area (TPSA) is 97.0 Å². The summed E-state index contributed by atoms with van der Waals surface area (Å²) in [4.78, 5) is 6.45. The van der Waals surface area contributed by atoms with E-state index >= 15 is 0 Å². The van der Waals surface area contributed by atoms with Crippen LogP contribution in [0.1, 0.15) is 31.9 Å². The van der Waals surface area contributed by atoms with Gasteiger partial charge in [-0.3, -0.25) is 0 Å². The number of aliphatic imine (C=N–C) groups is 1. The summed E-state index contributed by atoms with van der Waals surface area (Å²) in [6.45, 7) is 8.24. The molecule has 7 nitrogen and oxygen atoms in total. The molecule has 1 fully saturated rings. The van der Waals surface area contributed by atoms with Crippen LogP contribution >= 0.6 is 0 Å². The number of morpholine rings is 1. The largest absolute Gasteiger partial charge is 0.375 e. The van der Waals surface area contributed by atoms with Crippen LogP contribution in [0.15, 0.2) is 29.3 Å². The summed E-state index contributed by atoms with van der Waals surface area (Å²) < 4.78 is 32.0. The van der Waals surface area contributed by atoms with Crippen LogP contribution in [-0.4, -0.2) is 51.1 Å². The van der Waals surface area contributed by atoms with Crippen LogP contribution in [0.3, 0.4) is 0 Å². The van der Waals surface area contributed by atoms with Crippen molar-refractivity contribution in [3.63, 3.8) is 0 Å². The molecule has 1 heterocycles. The fourth-order valence-electron chi connectivity index (χ4n) is 2.66. The molecular formula is C17H28N4O3S. The van der Waals surface area contributed by atoms with Gasteiger partial charge in [-0.15, -0.1) is 0 Å². The van der Waals surface area contributed by atoms with Crippen LogP contribution in [0, 0.1) is 0 Å². The summed E-state index contributed by atoms with van der Waals surface area (Å²) >= 11 is 0. The third kappa shape index (κ3) is 6.64. The van der Waals surface area contributed by atoms with Gasteiger partial charge in [0.25, 0.3) is 0 Å². The first kappa shape index (κ1) is 19.7. The first-order valence-corrected chi connectivity index (χ1v) is 10.1. The van der Waals surface area contributed by atoms with E-state index in [0.29, 0.717) is 19.1 Å². The smallest absolute Gasteiger partial charge is 0.216 e. The normalized spacial score (nSPS) is 19.4. The zero-order valence-corrected chi connectivity index (χ0v) is 15.9. The van der Waals surface area contributed by atoms with Crippen LogP contribution in [0.25, 0.3) is 0 Å². The predicted octanol–water partition coefficient (Wildman–Crippen LogP) is 1.05. The molecular weight excluding hydrogens is 340 g/mol.